The van der Waals surface area contributed by atoms with Crippen molar-refractivity contribution in [3.8, 4) is 6.01 Å². The van der Waals surface area contributed by atoms with Crippen LogP contribution in [0.2, 0.25) is 0 Å². The number of aromatic nitrogens is 3. The molecular weight excluding hydrogens is 258 g/mol. The molecule has 0 fully saturated rings. The molecule has 0 amide bonds. The van der Waals surface area contributed by atoms with Gasteiger partial charge in [-0.3, -0.25) is 0 Å². The lowest BCUT2D eigenvalue weighted by Gasteiger charge is -2.22. The lowest BCUT2D eigenvalue weighted by atomic mass is 10.1. The highest BCUT2D eigenvalue weighted by Crippen LogP contribution is 2.16. The van der Waals surface area contributed by atoms with Gasteiger partial charge in [-0.25, -0.2) is 0 Å². The first-order chi connectivity index (χ1) is 9.38. The summed E-state index contributed by atoms with van der Waals surface area (Å²) in [6.45, 7) is 7.25. The molecule has 7 heteroatoms. The molecule has 0 aliphatic rings. The minimum Gasteiger partial charge on any atom is -0.463 e. The first-order valence-corrected chi connectivity index (χ1v) is 6.73. The van der Waals surface area contributed by atoms with Crippen molar-refractivity contribution in [1.82, 2.24) is 15.0 Å². The highest BCUT2D eigenvalue weighted by atomic mass is 16.5. The van der Waals surface area contributed by atoms with Gasteiger partial charge in [-0.1, -0.05) is 0 Å². The molecule has 1 aromatic rings. The molecule has 0 saturated heterocycles. The van der Waals surface area contributed by atoms with Gasteiger partial charge in [-0.05, 0) is 20.8 Å². The summed E-state index contributed by atoms with van der Waals surface area (Å²) in [4.78, 5) is 14.6. The third kappa shape index (κ3) is 5.16. The number of hydrogen-bond acceptors (Lipinski definition) is 7. The van der Waals surface area contributed by atoms with Gasteiger partial charge in [0.2, 0.25) is 11.9 Å². The maximum Gasteiger partial charge on any atom is 0.323 e. The minimum atomic E-state index is -0.220. The first-order valence-electron chi connectivity index (χ1n) is 6.73. The molecule has 0 atom stereocenters. The molecular formula is C13H25N5O2. The average Bonchev–Trinajstić information content (AvgIpc) is 2.38. The second-order valence-corrected chi connectivity index (χ2v) is 5.23. The summed E-state index contributed by atoms with van der Waals surface area (Å²) in [5.74, 6) is 1.09. The van der Waals surface area contributed by atoms with Crippen LogP contribution in [0.4, 0.5) is 11.9 Å². The van der Waals surface area contributed by atoms with E-state index in [0.717, 1.165) is 13.0 Å². The number of anilines is 2. The van der Waals surface area contributed by atoms with Gasteiger partial charge >= 0.3 is 6.01 Å². The average molecular weight is 283 g/mol. The maximum atomic E-state index is 5.61. The molecule has 0 spiro atoms. The van der Waals surface area contributed by atoms with Crippen molar-refractivity contribution >= 4 is 11.9 Å². The van der Waals surface area contributed by atoms with Gasteiger partial charge in [0.1, 0.15) is 0 Å². The van der Waals surface area contributed by atoms with Gasteiger partial charge in [0.15, 0.2) is 0 Å². The van der Waals surface area contributed by atoms with E-state index < -0.39 is 0 Å². The Kier molecular flexibility index (Phi) is 5.94. The predicted octanol–water partition coefficient (Wildman–Crippen LogP) is 1.56. The fourth-order valence-corrected chi connectivity index (χ4v) is 1.34. The van der Waals surface area contributed by atoms with Crippen molar-refractivity contribution < 1.29 is 9.47 Å². The number of methoxy groups -OCH3 is 1. The van der Waals surface area contributed by atoms with E-state index in [-0.39, 0.29) is 5.60 Å². The van der Waals surface area contributed by atoms with Gasteiger partial charge in [-0.15, -0.1) is 0 Å². The molecule has 0 unspecified atom stereocenters. The maximum absolute atomic E-state index is 5.61. The number of hydrogen-bond donors (Lipinski definition) is 1. The zero-order valence-corrected chi connectivity index (χ0v) is 13.2. The fraction of sp³-hybridized carbons (Fsp3) is 0.769. The third-order valence-corrected chi connectivity index (χ3v) is 2.83. The van der Waals surface area contributed by atoms with Gasteiger partial charge in [0.25, 0.3) is 0 Å². The Labute approximate surface area is 120 Å². The summed E-state index contributed by atoms with van der Waals surface area (Å²) in [7, 11) is 5.45. The molecule has 0 aliphatic heterocycles. The van der Waals surface area contributed by atoms with Crippen LogP contribution in [-0.4, -0.2) is 54.9 Å². The SMILES string of the molecule is CCNc1nc(OCCC(C)(C)OC)nc(N(C)C)n1. The van der Waals surface area contributed by atoms with Crippen molar-refractivity contribution in [2.75, 3.05) is 44.6 Å². The number of nitrogens with zero attached hydrogens (tertiary/aromatic N) is 4. The Bertz CT molecular complexity index is 423. The minimum absolute atomic E-state index is 0.220. The van der Waals surface area contributed by atoms with E-state index in [1.807, 2.05) is 39.8 Å². The molecule has 1 aromatic heterocycles. The van der Waals surface area contributed by atoms with E-state index in [1.54, 1.807) is 7.11 Å². The Morgan fingerprint density at radius 1 is 1.20 bits per heavy atom. The third-order valence-electron chi connectivity index (χ3n) is 2.83. The normalized spacial score (nSPS) is 11.3. The van der Waals surface area contributed by atoms with E-state index in [0.29, 0.717) is 24.5 Å². The zero-order valence-electron chi connectivity index (χ0n) is 13.2. The molecule has 1 rings (SSSR count). The van der Waals surface area contributed by atoms with Crippen LogP contribution in [0.3, 0.4) is 0 Å². The Balaban J connectivity index is 2.73. The lowest BCUT2D eigenvalue weighted by molar-refractivity contribution is 0.00468. The summed E-state index contributed by atoms with van der Waals surface area (Å²) >= 11 is 0. The van der Waals surface area contributed by atoms with Crippen molar-refractivity contribution in [3.05, 3.63) is 0 Å². The second kappa shape index (κ2) is 7.23. The van der Waals surface area contributed by atoms with Crippen molar-refractivity contribution in [3.63, 3.8) is 0 Å². The molecule has 0 radical (unpaired) electrons. The van der Waals surface area contributed by atoms with Crippen molar-refractivity contribution in [2.45, 2.75) is 32.8 Å². The monoisotopic (exact) mass is 283 g/mol. The summed E-state index contributed by atoms with van der Waals surface area (Å²) < 4.78 is 11.0. The summed E-state index contributed by atoms with van der Waals surface area (Å²) in [5.41, 5.74) is -0.220. The quantitative estimate of drug-likeness (QED) is 0.776. The molecule has 0 saturated carbocycles. The van der Waals surface area contributed by atoms with E-state index in [4.69, 9.17) is 9.47 Å². The van der Waals surface area contributed by atoms with E-state index in [9.17, 15) is 0 Å². The van der Waals surface area contributed by atoms with Crippen LogP contribution in [-0.2, 0) is 4.74 Å². The summed E-state index contributed by atoms with van der Waals surface area (Å²) in [5, 5.41) is 3.07. The van der Waals surface area contributed by atoms with Gasteiger partial charge in [0, 0.05) is 34.2 Å². The lowest BCUT2D eigenvalue weighted by Crippen LogP contribution is -2.25. The Morgan fingerprint density at radius 3 is 2.45 bits per heavy atom. The van der Waals surface area contributed by atoms with E-state index >= 15 is 0 Å². The van der Waals surface area contributed by atoms with Gasteiger partial charge in [-0.2, -0.15) is 15.0 Å². The van der Waals surface area contributed by atoms with Crippen LogP contribution >= 0.6 is 0 Å². The predicted molar refractivity (Wildman–Crippen MR) is 79.5 cm³/mol. The highest BCUT2D eigenvalue weighted by Gasteiger charge is 2.17. The van der Waals surface area contributed by atoms with Crippen LogP contribution in [0.15, 0.2) is 0 Å². The van der Waals surface area contributed by atoms with Crippen LogP contribution in [0, 0.1) is 0 Å². The highest BCUT2D eigenvalue weighted by molar-refractivity contribution is 5.36. The number of rotatable bonds is 8. The number of nitrogens with one attached hydrogen (secondary N) is 1. The van der Waals surface area contributed by atoms with Crippen LogP contribution < -0.4 is 15.0 Å². The van der Waals surface area contributed by atoms with Gasteiger partial charge < -0.3 is 19.7 Å². The van der Waals surface area contributed by atoms with E-state index in [2.05, 4.69) is 20.3 Å². The van der Waals surface area contributed by atoms with E-state index in [1.165, 1.54) is 0 Å². The van der Waals surface area contributed by atoms with Crippen molar-refractivity contribution in [1.29, 1.82) is 0 Å². The van der Waals surface area contributed by atoms with Crippen LogP contribution in [0.1, 0.15) is 27.2 Å². The standard InChI is InChI=1S/C13H25N5O2/c1-7-14-10-15-11(18(4)5)17-12(16-10)20-9-8-13(2,3)19-6/h7-9H2,1-6H3,(H,14,15,16,17). The smallest absolute Gasteiger partial charge is 0.323 e. The molecule has 1 heterocycles. The first kappa shape index (κ1) is 16.4. The molecule has 114 valence electrons. The summed E-state index contributed by atoms with van der Waals surface area (Å²) in [6.07, 6.45) is 0.753. The zero-order chi connectivity index (χ0) is 15.2. The molecule has 20 heavy (non-hydrogen) atoms. The number of ether oxygens (including phenoxy) is 2. The molecule has 7 nitrogen and oxygen atoms in total. The molecule has 1 N–H and O–H groups in total. The van der Waals surface area contributed by atoms with Gasteiger partial charge in [0.05, 0.1) is 12.2 Å². The molecule has 0 bridgehead atoms. The van der Waals surface area contributed by atoms with Crippen LogP contribution in [0.25, 0.3) is 0 Å². The molecule has 0 aromatic carbocycles. The molecule has 0 aliphatic carbocycles. The van der Waals surface area contributed by atoms with Crippen LogP contribution in [0.5, 0.6) is 6.01 Å². The Morgan fingerprint density at radius 2 is 1.90 bits per heavy atom. The summed E-state index contributed by atoms with van der Waals surface area (Å²) in [6, 6.07) is 0.326. The van der Waals surface area contributed by atoms with Crippen molar-refractivity contribution in [2.24, 2.45) is 0 Å². The second-order valence-electron chi connectivity index (χ2n) is 5.23. The Hall–Kier alpha value is -1.63. The topological polar surface area (TPSA) is 72.4 Å². The fourth-order valence-electron chi connectivity index (χ4n) is 1.34. The largest absolute Gasteiger partial charge is 0.463 e.